The van der Waals surface area contributed by atoms with Gasteiger partial charge in [-0.15, -0.1) is 0 Å². The van der Waals surface area contributed by atoms with Crippen LogP contribution in [0.3, 0.4) is 0 Å². The van der Waals surface area contributed by atoms with Gasteiger partial charge in [-0.25, -0.2) is 16.8 Å². The fourth-order valence-corrected chi connectivity index (χ4v) is 6.03. The van der Waals surface area contributed by atoms with Crippen LogP contribution in [0.2, 0.25) is 5.02 Å². The van der Waals surface area contributed by atoms with Gasteiger partial charge in [0.15, 0.2) is 0 Å². The van der Waals surface area contributed by atoms with Gasteiger partial charge in [0.2, 0.25) is 26.0 Å². The van der Waals surface area contributed by atoms with Crippen LogP contribution in [-0.4, -0.2) is 70.9 Å². The van der Waals surface area contributed by atoms with Crippen LogP contribution in [0.5, 0.6) is 0 Å². The summed E-state index contributed by atoms with van der Waals surface area (Å²) in [6.07, 6.45) is -4.05. The summed E-state index contributed by atoms with van der Waals surface area (Å²) in [7, 11) is -7.90. The maximum atomic E-state index is 13.2. The van der Waals surface area contributed by atoms with E-state index < -0.39 is 49.3 Å². The Morgan fingerprint density at radius 3 is 2.09 bits per heavy atom. The van der Waals surface area contributed by atoms with Crippen molar-refractivity contribution in [1.82, 2.24) is 9.21 Å². The average Bonchev–Trinajstić information content (AvgIpc) is 2.76. The summed E-state index contributed by atoms with van der Waals surface area (Å²) in [5, 5.41) is -0.605. The normalized spacial score (nSPS) is 15.8. The van der Waals surface area contributed by atoms with Crippen LogP contribution in [0, 0.1) is 6.92 Å². The molecule has 0 unspecified atom stereocenters. The molecular formula is C21H23ClF3N3O5S2. The molecule has 2 aromatic carbocycles. The zero-order valence-electron chi connectivity index (χ0n) is 18.8. The van der Waals surface area contributed by atoms with E-state index in [9.17, 15) is 34.8 Å². The molecule has 192 valence electrons. The highest BCUT2D eigenvalue weighted by Gasteiger charge is 2.35. The molecule has 1 aliphatic heterocycles. The number of halogens is 4. The first-order valence-corrected chi connectivity index (χ1v) is 14.0. The lowest BCUT2D eigenvalue weighted by atomic mass is 10.2. The molecule has 1 fully saturated rings. The van der Waals surface area contributed by atoms with Gasteiger partial charge in [-0.05, 0) is 37.3 Å². The zero-order chi connectivity index (χ0) is 26.2. The Kier molecular flexibility index (Phi) is 7.75. The molecule has 1 saturated heterocycles. The topological polar surface area (TPSA) is 95.1 Å². The lowest BCUT2D eigenvalue weighted by molar-refractivity contribution is -0.137. The number of hydrogen-bond donors (Lipinski definition) is 0. The molecule has 3 rings (SSSR count). The molecule has 0 N–H and O–H groups in total. The number of carbonyl (C=O) groups excluding carboxylic acids is 1. The van der Waals surface area contributed by atoms with E-state index in [0.717, 1.165) is 24.0 Å². The van der Waals surface area contributed by atoms with E-state index in [0.29, 0.717) is 10.4 Å². The van der Waals surface area contributed by atoms with Gasteiger partial charge < -0.3 is 4.90 Å². The quantitative estimate of drug-likeness (QED) is 0.548. The van der Waals surface area contributed by atoms with Crippen LogP contribution in [0.1, 0.15) is 11.1 Å². The molecule has 0 aliphatic carbocycles. The smallest absolute Gasteiger partial charge is 0.338 e. The maximum Gasteiger partial charge on any atom is 0.417 e. The fourth-order valence-electron chi connectivity index (χ4n) is 3.55. The highest BCUT2D eigenvalue weighted by atomic mass is 35.5. The number of piperazine rings is 1. The molecule has 1 heterocycles. The summed E-state index contributed by atoms with van der Waals surface area (Å²) in [5.74, 6) is -0.675. The van der Waals surface area contributed by atoms with E-state index in [4.69, 9.17) is 11.6 Å². The predicted octanol–water partition coefficient (Wildman–Crippen LogP) is 2.97. The molecule has 2 aromatic rings. The van der Waals surface area contributed by atoms with Crippen LogP contribution in [-0.2, 0) is 31.0 Å². The lowest BCUT2D eigenvalue weighted by Gasteiger charge is -2.35. The molecule has 0 aromatic heterocycles. The van der Waals surface area contributed by atoms with Crippen molar-refractivity contribution in [3.05, 3.63) is 58.6 Å². The minimum absolute atomic E-state index is 0.00402. The van der Waals surface area contributed by atoms with Crippen molar-refractivity contribution in [2.75, 3.05) is 43.3 Å². The van der Waals surface area contributed by atoms with E-state index >= 15 is 0 Å². The molecule has 0 bridgehead atoms. The van der Waals surface area contributed by atoms with E-state index in [1.54, 1.807) is 12.1 Å². The van der Waals surface area contributed by atoms with E-state index in [1.165, 1.54) is 21.3 Å². The van der Waals surface area contributed by atoms with Gasteiger partial charge in [0.1, 0.15) is 6.54 Å². The third-order valence-electron chi connectivity index (χ3n) is 5.47. The highest BCUT2D eigenvalue weighted by molar-refractivity contribution is 7.92. The van der Waals surface area contributed by atoms with Crippen LogP contribution in [0.4, 0.5) is 18.9 Å². The number of anilines is 1. The Morgan fingerprint density at radius 2 is 1.57 bits per heavy atom. The van der Waals surface area contributed by atoms with Crippen molar-refractivity contribution in [1.29, 1.82) is 0 Å². The van der Waals surface area contributed by atoms with Gasteiger partial charge in [-0.2, -0.15) is 17.5 Å². The average molecular weight is 554 g/mol. The molecule has 0 radical (unpaired) electrons. The molecule has 1 amide bonds. The summed E-state index contributed by atoms with van der Waals surface area (Å²) in [6.45, 7) is 1.04. The van der Waals surface area contributed by atoms with Crippen LogP contribution in [0.15, 0.2) is 47.4 Å². The van der Waals surface area contributed by atoms with Crippen LogP contribution >= 0.6 is 11.6 Å². The predicted molar refractivity (Wildman–Crippen MR) is 125 cm³/mol. The Hall–Kier alpha value is -2.35. The highest BCUT2D eigenvalue weighted by Crippen LogP contribution is 2.37. The summed E-state index contributed by atoms with van der Waals surface area (Å²) in [5.41, 5.74) is -0.691. The Bertz CT molecular complexity index is 1310. The zero-order valence-corrected chi connectivity index (χ0v) is 21.2. The number of sulfonamides is 2. The molecule has 35 heavy (non-hydrogen) atoms. The van der Waals surface area contributed by atoms with E-state index in [2.05, 4.69) is 0 Å². The molecule has 0 atom stereocenters. The standard InChI is InChI=1S/C21H23ClF3N3O5S2/c1-15-3-6-17(7-4-15)35(32,33)27-11-9-26(10-12-27)20(29)14-28(34(2,30)31)16-5-8-19(22)18(13-16)21(23,24)25/h3-8,13H,9-12,14H2,1-2H3. The van der Waals surface area contributed by atoms with Crippen molar-refractivity contribution in [3.8, 4) is 0 Å². The SMILES string of the molecule is Cc1ccc(S(=O)(=O)N2CCN(C(=O)CN(c3ccc(Cl)c(C(F)(F)F)c3)S(C)(=O)=O)CC2)cc1. The molecule has 14 heteroatoms. The third kappa shape index (κ3) is 6.26. The van der Waals surface area contributed by atoms with Crippen LogP contribution < -0.4 is 4.31 Å². The number of nitrogens with zero attached hydrogens (tertiary/aromatic N) is 3. The molecule has 8 nitrogen and oxygen atoms in total. The van der Waals surface area contributed by atoms with Gasteiger partial charge in [0.25, 0.3) is 0 Å². The summed E-state index contributed by atoms with van der Waals surface area (Å²) >= 11 is 5.61. The first-order valence-electron chi connectivity index (χ1n) is 10.3. The van der Waals surface area contributed by atoms with Crippen molar-refractivity contribution in [2.45, 2.75) is 18.0 Å². The number of carbonyl (C=O) groups is 1. The summed E-state index contributed by atoms with van der Waals surface area (Å²) in [4.78, 5) is 14.2. The first-order chi connectivity index (χ1) is 16.1. The largest absolute Gasteiger partial charge is 0.417 e. The first kappa shape index (κ1) is 27.2. The number of alkyl halides is 3. The van der Waals surface area contributed by atoms with E-state index in [-0.39, 0.29) is 36.8 Å². The summed E-state index contributed by atoms with van der Waals surface area (Å²) in [6, 6.07) is 8.90. The van der Waals surface area contributed by atoms with E-state index in [1.807, 2.05) is 6.92 Å². The maximum absolute atomic E-state index is 13.2. The number of amides is 1. The molecule has 1 aliphatic rings. The van der Waals surface area contributed by atoms with Crippen molar-refractivity contribution >= 4 is 43.2 Å². The Balaban J connectivity index is 1.74. The number of aryl methyl sites for hydroxylation is 1. The van der Waals surface area contributed by atoms with Gasteiger partial charge >= 0.3 is 6.18 Å². The third-order valence-corrected chi connectivity index (χ3v) is 8.86. The second-order valence-corrected chi connectivity index (χ2v) is 12.3. The van der Waals surface area contributed by atoms with Crippen molar-refractivity contribution in [3.63, 3.8) is 0 Å². The number of rotatable bonds is 6. The number of hydrogen-bond acceptors (Lipinski definition) is 5. The van der Waals surface area contributed by atoms with Gasteiger partial charge in [-0.3, -0.25) is 9.10 Å². The number of benzene rings is 2. The summed E-state index contributed by atoms with van der Waals surface area (Å²) < 4.78 is 91.8. The lowest BCUT2D eigenvalue weighted by Crippen LogP contribution is -2.53. The second kappa shape index (κ2) is 9.96. The molecule has 0 saturated carbocycles. The van der Waals surface area contributed by atoms with Crippen molar-refractivity contribution < 1.29 is 34.8 Å². The Morgan fingerprint density at radius 1 is 1.00 bits per heavy atom. The fraction of sp³-hybridized carbons (Fsp3) is 0.381. The van der Waals surface area contributed by atoms with Gasteiger partial charge in [-0.1, -0.05) is 29.3 Å². The van der Waals surface area contributed by atoms with Crippen molar-refractivity contribution in [2.24, 2.45) is 0 Å². The minimum Gasteiger partial charge on any atom is -0.338 e. The second-order valence-electron chi connectivity index (χ2n) is 8.03. The molecular weight excluding hydrogens is 531 g/mol. The Labute approximate surface area is 207 Å². The van der Waals surface area contributed by atoms with Gasteiger partial charge in [0.05, 0.1) is 27.4 Å². The minimum atomic E-state index is -4.82. The monoisotopic (exact) mass is 553 g/mol. The van der Waals surface area contributed by atoms with Gasteiger partial charge in [0, 0.05) is 26.2 Å². The van der Waals surface area contributed by atoms with Crippen LogP contribution in [0.25, 0.3) is 0 Å². The molecule has 0 spiro atoms.